The third-order valence-corrected chi connectivity index (χ3v) is 5.48. The van der Waals surface area contributed by atoms with E-state index < -0.39 is 22.4 Å². The average Bonchev–Trinajstić information content (AvgIpc) is 2.60. The van der Waals surface area contributed by atoms with Crippen molar-refractivity contribution in [3.8, 4) is 0 Å². The number of carbonyl (C=O) groups is 2. The number of hydrogen-bond acceptors (Lipinski definition) is 4. The SMILES string of the molecule is COC(=O)C(C(=O)OC)=S1C=CC(C)=C1Br. The molecule has 0 aromatic heterocycles. The molecule has 88 valence electrons. The Bertz CT molecular complexity index is 416. The summed E-state index contributed by atoms with van der Waals surface area (Å²) in [6.45, 7) is 1.89. The van der Waals surface area contributed by atoms with Crippen LogP contribution in [0.4, 0.5) is 0 Å². The second-order valence-corrected chi connectivity index (χ2v) is 5.99. The number of esters is 2. The van der Waals surface area contributed by atoms with E-state index in [9.17, 15) is 9.59 Å². The predicted octanol–water partition coefficient (Wildman–Crippen LogP) is 1.93. The van der Waals surface area contributed by atoms with Gasteiger partial charge >= 0.3 is 11.9 Å². The van der Waals surface area contributed by atoms with E-state index in [4.69, 9.17) is 0 Å². The second-order valence-electron chi connectivity index (χ2n) is 2.91. The Morgan fingerprint density at radius 3 is 2.06 bits per heavy atom. The zero-order valence-electron chi connectivity index (χ0n) is 9.07. The molecule has 0 aromatic carbocycles. The van der Waals surface area contributed by atoms with Crippen molar-refractivity contribution in [2.45, 2.75) is 6.92 Å². The predicted molar refractivity (Wildman–Crippen MR) is 67.4 cm³/mol. The van der Waals surface area contributed by atoms with E-state index in [1.165, 1.54) is 14.2 Å². The highest BCUT2D eigenvalue weighted by atomic mass is 79.9. The molecule has 0 saturated carbocycles. The lowest BCUT2D eigenvalue weighted by atomic mass is 10.4. The molecule has 0 radical (unpaired) electrons. The van der Waals surface area contributed by atoms with Crippen LogP contribution in [-0.4, -0.2) is 31.0 Å². The van der Waals surface area contributed by atoms with Crippen molar-refractivity contribution in [3.05, 3.63) is 20.9 Å². The summed E-state index contributed by atoms with van der Waals surface area (Å²) < 4.78 is 9.97. The lowest BCUT2D eigenvalue weighted by molar-refractivity contribution is -0.137. The number of hydrogen-bond donors (Lipinski definition) is 0. The van der Waals surface area contributed by atoms with E-state index in [0.29, 0.717) is 0 Å². The van der Waals surface area contributed by atoms with Gasteiger partial charge in [-0.2, -0.15) is 0 Å². The molecular weight excluding hydrogens is 296 g/mol. The van der Waals surface area contributed by atoms with E-state index in [-0.39, 0.29) is 4.86 Å². The molecule has 0 bridgehead atoms. The van der Waals surface area contributed by atoms with Gasteiger partial charge in [0.1, 0.15) is 0 Å². The second kappa shape index (κ2) is 5.45. The van der Waals surface area contributed by atoms with Gasteiger partial charge in [0, 0.05) is 0 Å². The van der Waals surface area contributed by atoms with Crippen LogP contribution in [0.15, 0.2) is 20.9 Å². The van der Waals surface area contributed by atoms with Gasteiger partial charge in [-0.15, -0.1) is 10.5 Å². The molecule has 0 fully saturated rings. The highest BCUT2D eigenvalue weighted by molar-refractivity contribution is 9.14. The minimum atomic E-state index is -0.717. The first-order valence-corrected chi connectivity index (χ1v) is 6.42. The molecule has 0 aromatic rings. The number of allylic oxidation sites excluding steroid dienone is 2. The van der Waals surface area contributed by atoms with Crippen molar-refractivity contribution in [2.75, 3.05) is 14.2 Å². The summed E-state index contributed by atoms with van der Waals surface area (Å²) in [5.74, 6) is -1.32. The summed E-state index contributed by atoms with van der Waals surface area (Å²) in [4.78, 5) is 23.0. The van der Waals surface area contributed by atoms with Crippen LogP contribution in [0.5, 0.6) is 0 Å². The fraction of sp³-hybridized carbons (Fsp3) is 0.300. The van der Waals surface area contributed by atoms with Gasteiger partial charge in [-0.3, -0.25) is 0 Å². The largest absolute Gasteiger partial charge is 0.465 e. The molecule has 0 amide bonds. The van der Waals surface area contributed by atoms with E-state index in [1.807, 2.05) is 13.0 Å². The molecule has 0 aliphatic carbocycles. The van der Waals surface area contributed by atoms with Gasteiger partial charge < -0.3 is 9.47 Å². The summed E-state index contributed by atoms with van der Waals surface area (Å²) >= 11 is 3.36. The standard InChI is InChI=1S/C10H11BrO4S/c1-6-4-5-16(8(6)11)7(9(12)14-2)10(13)15-3/h4-5H,1-3H3. The van der Waals surface area contributed by atoms with Crippen molar-refractivity contribution >= 4 is 43.2 Å². The molecule has 6 heteroatoms. The van der Waals surface area contributed by atoms with Gasteiger partial charge in [0.25, 0.3) is 0 Å². The van der Waals surface area contributed by atoms with Gasteiger partial charge in [0.15, 0.2) is 4.86 Å². The van der Waals surface area contributed by atoms with Crippen LogP contribution >= 0.6 is 26.4 Å². The number of rotatable bonds is 2. The Kier molecular flexibility index (Phi) is 4.49. The minimum absolute atomic E-state index is 0.00461. The van der Waals surface area contributed by atoms with E-state index >= 15 is 0 Å². The first-order chi connectivity index (χ1) is 7.52. The molecule has 4 nitrogen and oxygen atoms in total. The van der Waals surface area contributed by atoms with Crippen molar-refractivity contribution in [3.63, 3.8) is 0 Å². The Morgan fingerprint density at radius 1 is 1.25 bits per heavy atom. The third-order valence-electron chi connectivity index (χ3n) is 1.92. The van der Waals surface area contributed by atoms with E-state index in [1.54, 1.807) is 5.41 Å². The van der Waals surface area contributed by atoms with Crippen molar-refractivity contribution in [1.82, 2.24) is 0 Å². The van der Waals surface area contributed by atoms with Crippen LogP contribution in [0.1, 0.15) is 6.92 Å². The van der Waals surface area contributed by atoms with Crippen LogP contribution in [0.3, 0.4) is 0 Å². The Balaban J connectivity index is 3.32. The van der Waals surface area contributed by atoms with Crippen molar-refractivity contribution < 1.29 is 19.1 Å². The first-order valence-electron chi connectivity index (χ1n) is 4.34. The lowest BCUT2D eigenvalue weighted by Crippen LogP contribution is -2.26. The number of carbonyl (C=O) groups excluding carboxylic acids is 2. The zero-order valence-corrected chi connectivity index (χ0v) is 11.5. The van der Waals surface area contributed by atoms with Gasteiger partial charge in [0.05, 0.1) is 18.0 Å². The first kappa shape index (κ1) is 13.2. The highest BCUT2D eigenvalue weighted by Crippen LogP contribution is 2.41. The molecule has 0 spiro atoms. The summed E-state index contributed by atoms with van der Waals surface area (Å²) in [6.07, 6.45) is 1.85. The molecule has 1 heterocycles. The quantitative estimate of drug-likeness (QED) is 0.444. The molecule has 0 saturated heterocycles. The summed E-state index contributed by atoms with van der Waals surface area (Å²) in [5.41, 5.74) is 0.980. The van der Waals surface area contributed by atoms with Crippen LogP contribution in [0, 0.1) is 0 Å². The zero-order chi connectivity index (χ0) is 12.3. The van der Waals surface area contributed by atoms with Crippen LogP contribution in [-0.2, 0) is 19.1 Å². The molecule has 1 unspecified atom stereocenters. The highest BCUT2D eigenvalue weighted by Gasteiger charge is 2.26. The lowest BCUT2D eigenvalue weighted by Gasteiger charge is -2.07. The minimum Gasteiger partial charge on any atom is -0.465 e. The summed E-state index contributed by atoms with van der Waals surface area (Å²) in [7, 11) is 1.75. The monoisotopic (exact) mass is 306 g/mol. The molecule has 0 N–H and O–H groups in total. The average molecular weight is 307 g/mol. The topological polar surface area (TPSA) is 52.6 Å². The molecule has 1 aliphatic heterocycles. The normalized spacial score (nSPS) is 18.6. The van der Waals surface area contributed by atoms with Crippen molar-refractivity contribution in [1.29, 1.82) is 0 Å². The number of methoxy groups -OCH3 is 2. The molecular formula is C10H11BrO4S. The molecule has 16 heavy (non-hydrogen) atoms. The molecule has 1 aliphatic rings. The Morgan fingerprint density at radius 2 is 1.75 bits per heavy atom. The number of ether oxygens (including phenoxy) is 2. The maximum atomic E-state index is 11.5. The fourth-order valence-corrected chi connectivity index (χ4v) is 3.73. The van der Waals surface area contributed by atoms with Gasteiger partial charge in [-0.05, 0) is 33.8 Å². The van der Waals surface area contributed by atoms with Crippen LogP contribution in [0.2, 0.25) is 0 Å². The summed E-state index contributed by atoms with van der Waals surface area (Å²) in [6, 6.07) is 0. The maximum Gasteiger partial charge on any atom is 0.351 e. The van der Waals surface area contributed by atoms with Gasteiger partial charge in [-0.25, -0.2) is 9.59 Å². The van der Waals surface area contributed by atoms with Gasteiger partial charge in [-0.1, -0.05) is 6.08 Å². The fourth-order valence-electron chi connectivity index (χ4n) is 1.07. The van der Waals surface area contributed by atoms with Gasteiger partial charge in [0.2, 0.25) is 0 Å². The Hall–Kier alpha value is -0.880. The third kappa shape index (κ3) is 2.44. The smallest absolute Gasteiger partial charge is 0.351 e. The van der Waals surface area contributed by atoms with E-state index in [0.717, 1.165) is 9.39 Å². The Labute approximate surface area is 104 Å². The molecule has 1 atom stereocenters. The van der Waals surface area contributed by atoms with E-state index in [2.05, 4.69) is 25.4 Å². The number of halogens is 1. The van der Waals surface area contributed by atoms with Crippen molar-refractivity contribution in [2.24, 2.45) is 0 Å². The summed E-state index contributed by atoms with van der Waals surface area (Å²) in [5, 5.41) is 1.78. The van der Waals surface area contributed by atoms with Crippen LogP contribution < -0.4 is 0 Å². The molecule has 1 rings (SSSR count). The van der Waals surface area contributed by atoms with Crippen LogP contribution in [0.25, 0.3) is 0 Å². The maximum absolute atomic E-state index is 11.5.